The number of sulfonamides is 1. The fourth-order valence-corrected chi connectivity index (χ4v) is 3.57. The number of carbonyl (C=O) groups excluding carboxylic acids is 2. The Morgan fingerprint density at radius 1 is 1.23 bits per heavy atom. The van der Waals surface area contributed by atoms with Crippen LogP contribution in [-0.4, -0.2) is 64.6 Å². The van der Waals surface area contributed by atoms with Crippen molar-refractivity contribution in [2.24, 2.45) is 0 Å². The largest absolute Gasteiger partial charge is 0.452 e. The first kappa shape index (κ1) is 22.0. The lowest BCUT2D eigenvalue weighted by Crippen LogP contribution is -2.32. The number of esters is 1. The molecule has 0 spiro atoms. The van der Waals surface area contributed by atoms with Crippen LogP contribution in [0.5, 0.6) is 0 Å². The monoisotopic (exact) mass is 390 g/mol. The summed E-state index contributed by atoms with van der Waals surface area (Å²) in [7, 11) is -2.39. The maximum atomic E-state index is 13.9. The highest BCUT2D eigenvalue weighted by atomic mass is 32.2. The van der Waals surface area contributed by atoms with Gasteiger partial charge in [0.15, 0.2) is 6.61 Å². The molecular formula is C16H23FN2O6S. The quantitative estimate of drug-likeness (QED) is 0.468. The average Bonchev–Trinajstić information content (AvgIpc) is 2.61. The number of nitrogens with one attached hydrogen (secondary N) is 1. The molecule has 0 fully saturated rings. The molecule has 1 rings (SSSR count). The second-order valence-electron chi connectivity index (χ2n) is 5.15. The molecule has 0 aliphatic heterocycles. The van der Waals surface area contributed by atoms with E-state index in [-0.39, 0.29) is 24.5 Å². The first-order valence-corrected chi connectivity index (χ1v) is 9.44. The van der Waals surface area contributed by atoms with Gasteiger partial charge in [0.05, 0.1) is 17.1 Å². The molecule has 0 aliphatic rings. The molecule has 0 bridgehead atoms. The smallest absolute Gasteiger partial charge is 0.341 e. The summed E-state index contributed by atoms with van der Waals surface area (Å²) in [5.41, 5.74) is -0.553. The van der Waals surface area contributed by atoms with Crippen LogP contribution >= 0.6 is 0 Å². The summed E-state index contributed by atoms with van der Waals surface area (Å²) >= 11 is 0. The second-order valence-corrected chi connectivity index (χ2v) is 7.09. The molecule has 0 saturated heterocycles. The third-order valence-corrected chi connectivity index (χ3v) is 5.51. The Bertz CT molecular complexity index is 734. The molecule has 8 nitrogen and oxygen atoms in total. The molecule has 0 radical (unpaired) electrons. The number of carbonyl (C=O) groups is 2. The van der Waals surface area contributed by atoms with Crippen molar-refractivity contribution in [2.75, 3.05) is 40.0 Å². The van der Waals surface area contributed by atoms with Crippen molar-refractivity contribution in [3.05, 3.63) is 29.6 Å². The van der Waals surface area contributed by atoms with Gasteiger partial charge in [-0.3, -0.25) is 4.79 Å². The van der Waals surface area contributed by atoms with Crippen LogP contribution in [0.4, 0.5) is 4.39 Å². The zero-order chi connectivity index (χ0) is 19.7. The van der Waals surface area contributed by atoms with E-state index < -0.39 is 39.9 Å². The minimum atomic E-state index is -3.85. The molecule has 0 unspecified atom stereocenters. The minimum Gasteiger partial charge on any atom is -0.452 e. The highest BCUT2D eigenvalue weighted by Gasteiger charge is 2.25. The number of hydrogen-bond donors (Lipinski definition) is 1. The zero-order valence-electron chi connectivity index (χ0n) is 15.0. The number of rotatable bonds is 10. The Hall–Kier alpha value is -2.04. The standard InChI is InChI=1S/C16H23FN2O6S/c1-4-19(5-2)26(22,23)12-6-7-14(17)13(10-12)16(21)25-11-15(20)18-8-9-24-3/h6-7,10H,4-5,8-9,11H2,1-3H3,(H,18,20). The molecule has 0 aromatic heterocycles. The first-order chi connectivity index (χ1) is 12.3. The number of nitrogens with zero attached hydrogens (tertiary/aromatic N) is 1. The van der Waals surface area contributed by atoms with Crippen molar-refractivity contribution < 1.29 is 31.9 Å². The third-order valence-electron chi connectivity index (χ3n) is 3.46. The van der Waals surface area contributed by atoms with Gasteiger partial charge in [0, 0.05) is 26.7 Å². The SMILES string of the molecule is CCN(CC)S(=O)(=O)c1ccc(F)c(C(=O)OCC(=O)NCCOC)c1. The van der Waals surface area contributed by atoms with Gasteiger partial charge in [0.25, 0.3) is 5.91 Å². The maximum Gasteiger partial charge on any atom is 0.341 e. The highest BCUT2D eigenvalue weighted by molar-refractivity contribution is 7.89. The number of ether oxygens (including phenoxy) is 2. The molecule has 0 heterocycles. The van der Waals surface area contributed by atoms with Crippen molar-refractivity contribution in [3.8, 4) is 0 Å². The lowest BCUT2D eigenvalue weighted by atomic mass is 10.2. The molecule has 1 aromatic rings. The van der Waals surface area contributed by atoms with Crippen LogP contribution in [-0.2, 0) is 24.3 Å². The topological polar surface area (TPSA) is 102 Å². The van der Waals surface area contributed by atoms with Gasteiger partial charge in [-0.25, -0.2) is 17.6 Å². The van der Waals surface area contributed by atoms with Crippen molar-refractivity contribution in [2.45, 2.75) is 18.7 Å². The average molecular weight is 390 g/mol. The van der Waals surface area contributed by atoms with Gasteiger partial charge in [-0.2, -0.15) is 4.31 Å². The normalized spacial score (nSPS) is 11.4. The second kappa shape index (κ2) is 10.2. The Morgan fingerprint density at radius 3 is 2.46 bits per heavy atom. The lowest BCUT2D eigenvalue weighted by molar-refractivity contribution is -0.124. The van der Waals surface area contributed by atoms with Crippen molar-refractivity contribution in [1.29, 1.82) is 0 Å². The minimum absolute atomic E-state index is 0.223. The van der Waals surface area contributed by atoms with Gasteiger partial charge in [-0.15, -0.1) is 0 Å². The summed E-state index contributed by atoms with van der Waals surface area (Å²) in [6, 6.07) is 2.87. The van der Waals surface area contributed by atoms with Crippen LogP contribution in [0.25, 0.3) is 0 Å². The summed E-state index contributed by atoms with van der Waals surface area (Å²) in [4.78, 5) is 23.3. The van der Waals surface area contributed by atoms with Crippen LogP contribution in [0.2, 0.25) is 0 Å². The van der Waals surface area contributed by atoms with E-state index in [2.05, 4.69) is 5.32 Å². The van der Waals surface area contributed by atoms with E-state index in [1.54, 1.807) is 13.8 Å². The van der Waals surface area contributed by atoms with Crippen LogP contribution < -0.4 is 5.32 Å². The van der Waals surface area contributed by atoms with Gasteiger partial charge in [0.2, 0.25) is 10.0 Å². The lowest BCUT2D eigenvalue weighted by Gasteiger charge is -2.18. The van der Waals surface area contributed by atoms with E-state index in [1.165, 1.54) is 11.4 Å². The van der Waals surface area contributed by atoms with E-state index in [4.69, 9.17) is 9.47 Å². The Kier molecular flexibility index (Phi) is 8.62. The Balaban J connectivity index is 2.90. The number of benzene rings is 1. The van der Waals surface area contributed by atoms with Crippen LogP contribution in [0.15, 0.2) is 23.1 Å². The molecule has 0 aliphatic carbocycles. The molecular weight excluding hydrogens is 367 g/mol. The maximum absolute atomic E-state index is 13.9. The highest BCUT2D eigenvalue weighted by Crippen LogP contribution is 2.19. The van der Waals surface area contributed by atoms with Crippen molar-refractivity contribution in [1.82, 2.24) is 9.62 Å². The fraction of sp³-hybridized carbons (Fsp3) is 0.500. The number of hydrogen-bond acceptors (Lipinski definition) is 6. The number of methoxy groups -OCH3 is 1. The summed E-state index contributed by atoms with van der Waals surface area (Å²) in [6.07, 6.45) is 0. The van der Waals surface area contributed by atoms with Gasteiger partial charge in [-0.1, -0.05) is 13.8 Å². The van der Waals surface area contributed by atoms with Gasteiger partial charge >= 0.3 is 5.97 Å². The van der Waals surface area contributed by atoms with Gasteiger partial charge in [0.1, 0.15) is 5.82 Å². The summed E-state index contributed by atoms with van der Waals surface area (Å²) in [6.45, 7) is 3.71. The van der Waals surface area contributed by atoms with Gasteiger partial charge in [-0.05, 0) is 18.2 Å². The van der Waals surface area contributed by atoms with E-state index in [9.17, 15) is 22.4 Å². The zero-order valence-corrected chi connectivity index (χ0v) is 15.8. The Morgan fingerprint density at radius 2 is 1.88 bits per heavy atom. The Labute approximate surface area is 152 Å². The van der Waals surface area contributed by atoms with E-state index >= 15 is 0 Å². The van der Waals surface area contributed by atoms with Crippen LogP contribution in [0.1, 0.15) is 24.2 Å². The van der Waals surface area contributed by atoms with Crippen LogP contribution in [0.3, 0.4) is 0 Å². The predicted molar refractivity (Wildman–Crippen MR) is 91.7 cm³/mol. The molecule has 0 atom stereocenters. The molecule has 1 amide bonds. The molecule has 1 aromatic carbocycles. The van der Waals surface area contributed by atoms with E-state index in [1.807, 2.05) is 0 Å². The first-order valence-electron chi connectivity index (χ1n) is 8.00. The molecule has 26 heavy (non-hydrogen) atoms. The third kappa shape index (κ3) is 5.75. The van der Waals surface area contributed by atoms with E-state index in [0.29, 0.717) is 6.61 Å². The number of halogens is 1. The summed E-state index contributed by atoms with van der Waals surface area (Å²) in [5.74, 6) is -2.64. The van der Waals surface area contributed by atoms with Crippen molar-refractivity contribution >= 4 is 21.9 Å². The molecule has 0 saturated carbocycles. The van der Waals surface area contributed by atoms with E-state index in [0.717, 1.165) is 18.2 Å². The number of amides is 1. The summed E-state index contributed by atoms with van der Waals surface area (Å²) < 4.78 is 49.5. The van der Waals surface area contributed by atoms with Crippen LogP contribution in [0, 0.1) is 5.82 Å². The van der Waals surface area contributed by atoms with Gasteiger partial charge < -0.3 is 14.8 Å². The molecule has 10 heteroatoms. The molecule has 1 N–H and O–H groups in total. The fourth-order valence-electron chi connectivity index (χ4n) is 2.09. The summed E-state index contributed by atoms with van der Waals surface area (Å²) in [5, 5.41) is 2.43. The molecule has 146 valence electrons. The van der Waals surface area contributed by atoms with Crippen molar-refractivity contribution in [3.63, 3.8) is 0 Å². The predicted octanol–water partition coefficient (Wildman–Crippen LogP) is 0.776.